The van der Waals surface area contributed by atoms with Gasteiger partial charge in [-0.15, -0.1) is 0 Å². The molecule has 0 aliphatic heterocycles. The normalized spacial score (nSPS) is 10.3. The number of anilines is 1. The highest BCUT2D eigenvalue weighted by molar-refractivity contribution is 6.04. The molecule has 126 valence electrons. The van der Waals surface area contributed by atoms with Gasteiger partial charge in [-0.3, -0.25) is 14.6 Å². The van der Waals surface area contributed by atoms with Crippen molar-refractivity contribution in [1.29, 1.82) is 0 Å². The monoisotopic (exact) mass is 336 g/mol. The van der Waals surface area contributed by atoms with Gasteiger partial charge in [-0.25, -0.2) is 0 Å². The lowest BCUT2D eigenvalue weighted by Gasteiger charge is -2.06. The summed E-state index contributed by atoms with van der Waals surface area (Å²) < 4.78 is 4.89. The van der Waals surface area contributed by atoms with E-state index in [1.165, 1.54) is 0 Å². The number of carbonyl (C=O) groups excluding carboxylic acids is 2. The Morgan fingerprint density at radius 2 is 1.80 bits per heavy atom. The minimum Gasteiger partial charge on any atom is -0.360 e. The Labute approximate surface area is 144 Å². The lowest BCUT2D eigenvalue weighted by atomic mass is 10.1. The zero-order valence-corrected chi connectivity index (χ0v) is 13.5. The van der Waals surface area contributed by atoms with E-state index in [1.54, 1.807) is 49.6 Å². The van der Waals surface area contributed by atoms with Gasteiger partial charge in [0.05, 0.1) is 0 Å². The highest BCUT2D eigenvalue weighted by Crippen LogP contribution is 2.11. The van der Waals surface area contributed by atoms with Crippen LogP contribution in [0.15, 0.2) is 59.4 Å². The number of aromatic nitrogens is 2. The number of carbonyl (C=O) groups is 2. The SMILES string of the molecule is Cc1cc(NC(=O)c2ccc(C(=O)NCc3cccnc3)cc2)no1. The fourth-order valence-electron chi connectivity index (χ4n) is 2.17. The molecule has 0 radical (unpaired) electrons. The summed E-state index contributed by atoms with van der Waals surface area (Å²) in [4.78, 5) is 28.2. The van der Waals surface area contributed by atoms with Crippen LogP contribution in [0.25, 0.3) is 0 Å². The van der Waals surface area contributed by atoms with Gasteiger partial charge in [0.1, 0.15) is 5.76 Å². The standard InChI is InChI=1S/C18H16N4O3/c1-12-9-16(22-25-12)21-18(24)15-6-4-14(5-7-15)17(23)20-11-13-3-2-8-19-10-13/h2-10H,11H2,1H3,(H,20,23)(H,21,22,24). The number of benzene rings is 1. The fourth-order valence-corrected chi connectivity index (χ4v) is 2.17. The first-order valence-corrected chi connectivity index (χ1v) is 7.63. The van der Waals surface area contributed by atoms with Crippen molar-refractivity contribution in [2.45, 2.75) is 13.5 Å². The van der Waals surface area contributed by atoms with E-state index in [1.807, 2.05) is 12.1 Å². The van der Waals surface area contributed by atoms with E-state index in [0.29, 0.717) is 29.2 Å². The molecule has 0 unspecified atom stereocenters. The third-order valence-electron chi connectivity index (χ3n) is 3.45. The van der Waals surface area contributed by atoms with Crippen LogP contribution in [0, 0.1) is 6.92 Å². The molecule has 3 aromatic rings. The Hall–Kier alpha value is -3.48. The molecule has 0 saturated carbocycles. The average Bonchev–Trinajstić information content (AvgIpc) is 3.05. The maximum atomic E-state index is 12.1. The fraction of sp³-hybridized carbons (Fsp3) is 0.111. The minimum atomic E-state index is -0.324. The molecule has 2 aromatic heterocycles. The molecule has 1 aromatic carbocycles. The smallest absolute Gasteiger partial charge is 0.256 e. The summed E-state index contributed by atoms with van der Waals surface area (Å²) >= 11 is 0. The van der Waals surface area contributed by atoms with Gasteiger partial charge < -0.3 is 15.2 Å². The second-order valence-electron chi connectivity index (χ2n) is 5.40. The maximum absolute atomic E-state index is 12.1. The van der Waals surface area contributed by atoms with Gasteiger partial charge in [0.25, 0.3) is 11.8 Å². The van der Waals surface area contributed by atoms with Crippen LogP contribution < -0.4 is 10.6 Å². The molecular weight excluding hydrogens is 320 g/mol. The van der Waals surface area contributed by atoms with Crippen LogP contribution in [0.4, 0.5) is 5.82 Å². The van der Waals surface area contributed by atoms with E-state index in [0.717, 1.165) is 5.56 Å². The molecule has 2 N–H and O–H groups in total. The predicted octanol–water partition coefficient (Wildman–Crippen LogP) is 2.56. The topological polar surface area (TPSA) is 97.1 Å². The van der Waals surface area contributed by atoms with Gasteiger partial charge in [0.2, 0.25) is 0 Å². The Morgan fingerprint density at radius 1 is 1.08 bits per heavy atom. The molecule has 0 aliphatic carbocycles. The maximum Gasteiger partial charge on any atom is 0.256 e. The number of hydrogen-bond donors (Lipinski definition) is 2. The van der Waals surface area contributed by atoms with Gasteiger partial charge in [-0.05, 0) is 42.8 Å². The summed E-state index contributed by atoms with van der Waals surface area (Å²) in [5, 5.41) is 9.13. The number of pyridine rings is 1. The van der Waals surface area contributed by atoms with E-state index in [-0.39, 0.29) is 11.8 Å². The summed E-state index contributed by atoms with van der Waals surface area (Å²) in [5.74, 6) is 0.412. The molecule has 0 spiro atoms. The molecule has 25 heavy (non-hydrogen) atoms. The quantitative estimate of drug-likeness (QED) is 0.746. The number of nitrogens with zero attached hydrogens (tertiary/aromatic N) is 2. The zero-order valence-electron chi connectivity index (χ0n) is 13.5. The van der Waals surface area contributed by atoms with Crippen molar-refractivity contribution in [2.75, 3.05) is 5.32 Å². The summed E-state index contributed by atoms with van der Waals surface area (Å²) in [6.07, 6.45) is 3.37. The lowest BCUT2D eigenvalue weighted by Crippen LogP contribution is -2.23. The minimum absolute atomic E-state index is 0.220. The first-order valence-electron chi connectivity index (χ1n) is 7.63. The largest absolute Gasteiger partial charge is 0.360 e. The number of amides is 2. The molecule has 7 heteroatoms. The summed E-state index contributed by atoms with van der Waals surface area (Å²) in [6.45, 7) is 2.13. The number of hydrogen-bond acceptors (Lipinski definition) is 5. The molecule has 0 fully saturated rings. The van der Waals surface area contributed by atoms with Crippen molar-refractivity contribution in [3.63, 3.8) is 0 Å². The van der Waals surface area contributed by atoms with Gasteiger partial charge >= 0.3 is 0 Å². The van der Waals surface area contributed by atoms with Crippen LogP contribution in [0.1, 0.15) is 32.0 Å². The third kappa shape index (κ3) is 4.29. The second kappa shape index (κ2) is 7.39. The Kier molecular flexibility index (Phi) is 4.84. The molecule has 0 bridgehead atoms. The first kappa shape index (κ1) is 16.4. The summed E-state index contributed by atoms with van der Waals surface area (Å²) in [7, 11) is 0. The van der Waals surface area contributed by atoms with Gasteiger partial charge in [0.15, 0.2) is 5.82 Å². The highest BCUT2D eigenvalue weighted by Gasteiger charge is 2.11. The van der Waals surface area contributed by atoms with Crippen molar-refractivity contribution in [1.82, 2.24) is 15.5 Å². The second-order valence-corrected chi connectivity index (χ2v) is 5.40. The Morgan fingerprint density at radius 3 is 2.40 bits per heavy atom. The summed E-state index contributed by atoms with van der Waals surface area (Å²) in [5.41, 5.74) is 1.80. The predicted molar refractivity (Wildman–Crippen MR) is 91.0 cm³/mol. The zero-order chi connectivity index (χ0) is 17.6. The van der Waals surface area contributed by atoms with E-state index in [9.17, 15) is 9.59 Å². The number of rotatable bonds is 5. The molecule has 7 nitrogen and oxygen atoms in total. The first-order chi connectivity index (χ1) is 12.1. The van der Waals surface area contributed by atoms with E-state index < -0.39 is 0 Å². The molecule has 2 heterocycles. The van der Waals surface area contributed by atoms with Crippen LogP contribution in [0.3, 0.4) is 0 Å². The van der Waals surface area contributed by atoms with E-state index >= 15 is 0 Å². The number of nitrogens with one attached hydrogen (secondary N) is 2. The van der Waals surface area contributed by atoms with Gasteiger partial charge in [-0.1, -0.05) is 11.2 Å². The molecule has 0 atom stereocenters. The van der Waals surface area contributed by atoms with Crippen molar-refractivity contribution in [3.8, 4) is 0 Å². The van der Waals surface area contributed by atoms with E-state index in [4.69, 9.17) is 4.52 Å². The summed E-state index contributed by atoms with van der Waals surface area (Å²) in [6, 6.07) is 11.7. The molecule has 3 rings (SSSR count). The van der Waals surface area contributed by atoms with Crippen molar-refractivity contribution < 1.29 is 14.1 Å². The van der Waals surface area contributed by atoms with Crippen molar-refractivity contribution in [3.05, 3.63) is 77.3 Å². The van der Waals surface area contributed by atoms with Crippen LogP contribution in [0.2, 0.25) is 0 Å². The van der Waals surface area contributed by atoms with Crippen LogP contribution >= 0.6 is 0 Å². The number of aryl methyl sites for hydroxylation is 1. The van der Waals surface area contributed by atoms with E-state index in [2.05, 4.69) is 20.8 Å². The third-order valence-corrected chi connectivity index (χ3v) is 3.45. The Bertz CT molecular complexity index is 873. The molecule has 2 amide bonds. The Balaban J connectivity index is 1.59. The van der Waals surface area contributed by atoms with Gasteiger partial charge in [0, 0.05) is 36.1 Å². The van der Waals surface area contributed by atoms with Crippen molar-refractivity contribution >= 4 is 17.6 Å². The average molecular weight is 336 g/mol. The van der Waals surface area contributed by atoms with Crippen LogP contribution in [-0.2, 0) is 6.54 Å². The molecule has 0 aliphatic rings. The van der Waals surface area contributed by atoms with Crippen LogP contribution in [-0.4, -0.2) is 22.0 Å². The highest BCUT2D eigenvalue weighted by atomic mass is 16.5. The van der Waals surface area contributed by atoms with Crippen molar-refractivity contribution in [2.24, 2.45) is 0 Å². The van der Waals surface area contributed by atoms with Crippen LogP contribution in [0.5, 0.6) is 0 Å². The molecular formula is C18H16N4O3. The lowest BCUT2D eigenvalue weighted by molar-refractivity contribution is 0.0949. The molecule has 0 saturated heterocycles. The van der Waals surface area contributed by atoms with Gasteiger partial charge in [-0.2, -0.15) is 0 Å².